The molecule has 5 heteroatoms. The van der Waals surface area contributed by atoms with Crippen molar-refractivity contribution in [1.29, 1.82) is 0 Å². The molecule has 0 spiro atoms. The van der Waals surface area contributed by atoms with Crippen LogP contribution in [-0.4, -0.2) is 72.5 Å². The fraction of sp³-hybridized carbons (Fsp3) is 0.929. The number of amides is 1. The molecule has 0 bridgehead atoms. The third-order valence-corrected chi connectivity index (χ3v) is 5.49. The van der Waals surface area contributed by atoms with Gasteiger partial charge in [-0.1, -0.05) is 0 Å². The highest BCUT2D eigenvalue weighted by molar-refractivity contribution is 7.99. The van der Waals surface area contributed by atoms with Crippen molar-refractivity contribution in [2.45, 2.75) is 25.3 Å². The topological polar surface area (TPSA) is 35.6 Å². The third kappa shape index (κ3) is 4.10. The van der Waals surface area contributed by atoms with Gasteiger partial charge in [0.05, 0.1) is 0 Å². The Morgan fingerprint density at radius 1 is 1.21 bits per heavy atom. The van der Waals surface area contributed by atoms with Gasteiger partial charge in [0.2, 0.25) is 5.91 Å². The summed E-state index contributed by atoms with van der Waals surface area (Å²) < 4.78 is 0. The molecular formula is C14H25N3OS. The zero-order valence-electron chi connectivity index (χ0n) is 11.6. The Labute approximate surface area is 120 Å². The fourth-order valence-corrected chi connectivity index (χ4v) is 3.89. The van der Waals surface area contributed by atoms with Gasteiger partial charge in [0.25, 0.3) is 0 Å². The van der Waals surface area contributed by atoms with Crippen molar-refractivity contribution in [2.75, 3.05) is 50.8 Å². The average Bonchev–Trinajstić information content (AvgIpc) is 3.25. The molecule has 108 valence electrons. The van der Waals surface area contributed by atoms with E-state index in [2.05, 4.69) is 15.1 Å². The minimum absolute atomic E-state index is 0.353. The van der Waals surface area contributed by atoms with Crippen LogP contribution >= 0.6 is 11.8 Å². The van der Waals surface area contributed by atoms with Crippen molar-refractivity contribution in [2.24, 2.45) is 5.92 Å². The van der Waals surface area contributed by atoms with Crippen LogP contribution in [0.1, 0.15) is 19.3 Å². The summed E-state index contributed by atoms with van der Waals surface area (Å²) >= 11 is 1.96. The molecular weight excluding hydrogens is 258 g/mol. The summed E-state index contributed by atoms with van der Waals surface area (Å²) in [6.45, 7) is 6.35. The average molecular weight is 283 g/mol. The molecule has 0 radical (unpaired) electrons. The molecule has 2 heterocycles. The Kier molecular flexibility index (Phi) is 4.66. The van der Waals surface area contributed by atoms with Gasteiger partial charge in [-0.2, -0.15) is 11.8 Å². The van der Waals surface area contributed by atoms with E-state index in [-0.39, 0.29) is 0 Å². The lowest BCUT2D eigenvalue weighted by Gasteiger charge is -2.35. The van der Waals surface area contributed by atoms with Crippen LogP contribution in [-0.2, 0) is 4.79 Å². The van der Waals surface area contributed by atoms with Gasteiger partial charge >= 0.3 is 0 Å². The number of hydrogen-bond acceptors (Lipinski definition) is 4. The molecule has 1 atom stereocenters. The van der Waals surface area contributed by atoms with Crippen LogP contribution in [0, 0.1) is 5.92 Å². The number of nitrogens with one attached hydrogen (secondary N) is 1. The Bertz CT molecular complexity index is 308. The molecule has 0 aromatic rings. The largest absolute Gasteiger partial charge is 0.340 e. The van der Waals surface area contributed by atoms with Gasteiger partial charge in [-0.3, -0.25) is 9.69 Å². The summed E-state index contributed by atoms with van der Waals surface area (Å²) in [6, 6.07) is 0.399. The van der Waals surface area contributed by atoms with Crippen LogP contribution in [0.4, 0.5) is 0 Å². The summed E-state index contributed by atoms with van der Waals surface area (Å²) in [7, 11) is 0. The van der Waals surface area contributed by atoms with Crippen molar-refractivity contribution >= 4 is 17.7 Å². The van der Waals surface area contributed by atoms with E-state index >= 15 is 0 Å². The lowest BCUT2D eigenvalue weighted by molar-refractivity contribution is -0.133. The van der Waals surface area contributed by atoms with Crippen LogP contribution in [0.25, 0.3) is 0 Å². The fourth-order valence-electron chi connectivity index (χ4n) is 2.94. The molecule has 2 saturated heterocycles. The van der Waals surface area contributed by atoms with Crippen molar-refractivity contribution in [3.8, 4) is 0 Å². The van der Waals surface area contributed by atoms with E-state index in [0.29, 0.717) is 18.4 Å². The molecule has 3 aliphatic rings. The highest BCUT2D eigenvalue weighted by Gasteiger charge is 2.28. The van der Waals surface area contributed by atoms with E-state index in [0.717, 1.165) is 44.4 Å². The normalized spacial score (nSPS) is 29.5. The van der Waals surface area contributed by atoms with E-state index in [1.807, 2.05) is 11.8 Å². The van der Waals surface area contributed by atoms with Gasteiger partial charge in [0, 0.05) is 63.2 Å². The number of nitrogens with zero attached hydrogens (tertiary/aromatic N) is 2. The first-order chi connectivity index (χ1) is 9.31. The minimum atomic E-state index is 0.353. The van der Waals surface area contributed by atoms with Crippen LogP contribution in [0.3, 0.4) is 0 Å². The number of thioether (sulfide) groups is 1. The molecule has 1 amide bonds. The number of hydrogen-bond donors (Lipinski definition) is 1. The second-order valence-electron chi connectivity index (χ2n) is 6.05. The zero-order chi connectivity index (χ0) is 13.1. The second-order valence-corrected chi connectivity index (χ2v) is 7.20. The van der Waals surface area contributed by atoms with E-state index in [1.165, 1.54) is 25.1 Å². The predicted molar refractivity (Wildman–Crippen MR) is 79.5 cm³/mol. The maximum atomic E-state index is 12.3. The summed E-state index contributed by atoms with van der Waals surface area (Å²) in [5.74, 6) is 3.59. The van der Waals surface area contributed by atoms with Gasteiger partial charge in [-0.15, -0.1) is 0 Å². The summed E-state index contributed by atoms with van der Waals surface area (Å²) in [4.78, 5) is 16.9. The Hall–Kier alpha value is -0.260. The zero-order valence-corrected chi connectivity index (χ0v) is 12.5. The maximum Gasteiger partial charge on any atom is 0.224 e. The highest BCUT2D eigenvalue weighted by Crippen LogP contribution is 2.29. The maximum absolute atomic E-state index is 12.3. The van der Waals surface area contributed by atoms with Crippen molar-refractivity contribution < 1.29 is 4.79 Å². The van der Waals surface area contributed by atoms with Gasteiger partial charge in [0.1, 0.15) is 0 Å². The molecule has 3 fully saturated rings. The first kappa shape index (κ1) is 13.7. The molecule has 0 aromatic carbocycles. The quantitative estimate of drug-likeness (QED) is 0.821. The van der Waals surface area contributed by atoms with Crippen molar-refractivity contribution in [1.82, 2.24) is 15.1 Å². The van der Waals surface area contributed by atoms with Gasteiger partial charge in [-0.25, -0.2) is 0 Å². The standard InChI is InChI=1S/C14H25N3OS/c18-14(9-13-11-19-8-3-15-13)17-6-4-16(5-7-17)10-12-1-2-12/h12-13,15H,1-11H2. The van der Waals surface area contributed by atoms with E-state index in [1.54, 1.807) is 0 Å². The number of piperazine rings is 1. The monoisotopic (exact) mass is 283 g/mol. The third-order valence-electron chi connectivity index (χ3n) is 4.36. The van der Waals surface area contributed by atoms with Gasteiger partial charge in [0.15, 0.2) is 0 Å². The van der Waals surface area contributed by atoms with Crippen molar-refractivity contribution in [3.63, 3.8) is 0 Å². The van der Waals surface area contributed by atoms with E-state index < -0.39 is 0 Å². The SMILES string of the molecule is O=C(CC1CSCCN1)N1CCN(CC2CC2)CC1. The first-order valence-corrected chi connectivity index (χ1v) is 8.78. The molecule has 1 aliphatic carbocycles. The lowest BCUT2D eigenvalue weighted by atomic mass is 10.2. The highest BCUT2D eigenvalue weighted by atomic mass is 32.2. The van der Waals surface area contributed by atoms with E-state index in [9.17, 15) is 4.79 Å². The predicted octanol–water partition coefficient (Wildman–Crippen LogP) is 0.636. The minimum Gasteiger partial charge on any atom is -0.340 e. The van der Waals surface area contributed by atoms with Crippen LogP contribution in [0.2, 0.25) is 0 Å². The summed E-state index contributed by atoms with van der Waals surface area (Å²) in [5, 5.41) is 3.45. The number of carbonyl (C=O) groups excluding carboxylic acids is 1. The summed E-state index contributed by atoms with van der Waals surface area (Å²) in [5.41, 5.74) is 0. The Morgan fingerprint density at radius 3 is 2.63 bits per heavy atom. The Morgan fingerprint density at radius 2 is 2.00 bits per heavy atom. The number of carbonyl (C=O) groups is 1. The molecule has 0 aromatic heterocycles. The smallest absolute Gasteiger partial charge is 0.224 e. The van der Waals surface area contributed by atoms with E-state index in [4.69, 9.17) is 0 Å². The molecule has 1 saturated carbocycles. The lowest BCUT2D eigenvalue weighted by Crippen LogP contribution is -2.51. The molecule has 1 N–H and O–H groups in total. The van der Waals surface area contributed by atoms with Crippen LogP contribution in [0.5, 0.6) is 0 Å². The van der Waals surface area contributed by atoms with Gasteiger partial charge < -0.3 is 10.2 Å². The van der Waals surface area contributed by atoms with Crippen molar-refractivity contribution in [3.05, 3.63) is 0 Å². The summed E-state index contributed by atoms with van der Waals surface area (Å²) in [6.07, 6.45) is 3.53. The second kappa shape index (κ2) is 6.46. The van der Waals surface area contributed by atoms with Crippen LogP contribution < -0.4 is 5.32 Å². The van der Waals surface area contributed by atoms with Crippen LogP contribution in [0.15, 0.2) is 0 Å². The molecule has 1 unspecified atom stereocenters. The molecule has 2 aliphatic heterocycles. The Balaban J connectivity index is 1.38. The molecule has 3 rings (SSSR count). The molecule has 4 nitrogen and oxygen atoms in total. The number of rotatable bonds is 4. The molecule has 19 heavy (non-hydrogen) atoms. The first-order valence-electron chi connectivity index (χ1n) is 7.62. The van der Waals surface area contributed by atoms with Gasteiger partial charge in [-0.05, 0) is 18.8 Å².